The zero-order valence-electron chi connectivity index (χ0n) is 11.8. The van der Waals surface area contributed by atoms with Crippen molar-refractivity contribution in [2.75, 3.05) is 26.9 Å². The van der Waals surface area contributed by atoms with Crippen LogP contribution < -0.4 is 10.1 Å². The van der Waals surface area contributed by atoms with Gasteiger partial charge in [0.1, 0.15) is 11.4 Å². The van der Waals surface area contributed by atoms with Gasteiger partial charge in [-0.1, -0.05) is 0 Å². The Bertz CT molecular complexity index is 651. The molecule has 0 saturated carbocycles. The summed E-state index contributed by atoms with van der Waals surface area (Å²) in [7, 11) is 1.60. The average Bonchev–Trinajstić information content (AvgIpc) is 3.15. The number of hydrogen-bond acceptors (Lipinski definition) is 4. The van der Waals surface area contributed by atoms with Crippen molar-refractivity contribution in [3.05, 3.63) is 35.5 Å². The number of carbonyl (C=O) groups excluding carboxylic acids is 1. The molecular formula is C15H17N3O3. The minimum Gasteiger partial charge on any atom is -0.493 e. The number of aromatic amines is 1. The molecule has 0 atom stereocenters. The molecule has 0 unspecified atom stereocenters. The van der Waals surface area contributed by atoms with Crippen molar-refractivity contribution < 1.29 is 14.3 Å². The lowest BCUT2D eigenvalue weighted by Gasteiger charge is -2.01. The topological polar surface area (TPSA) is 76.2 Å². The lowest BCUT2D eigenvalue weighted by Crippen LogP contribution is -2.27. The molecule has 110 valence electrons. The first-order valence-electron chi connectivity index (χ1n) is 6.86. The number of carbonyl (C=O) groups is 1. The van der Waals surface area contributed by atoms with Gasteiger partial charge < -0.3 is 14.8 Å². The van der Waals surface area contributed by atoms with Crippen molar-refractivity contribution in [1.82, 2.24) is 15.5 Å². The Morgan fingerprint density at radius 2 is 2.38 bits per heavy atom. The highest BCUT2D eigenvalue weighted by Crippen LogP contribution is 2.29. The van der Waals surface area contributed by atoms with Gasteiger partial charge in [-0.05, 0) is 29.8 Å². The number of aromatic nitrogens is 2. The normalized spacial score (nSPS) is 12.8. The molecule has 1 aliphatic rings. The van der Waals surface area contributed by atoms with E-state index in [2.05, 4.69) is 21.6 Å². The standard InChI is InChI=1S/C15H17N3O3/c1-20-7-5-16-15(19)13-9-12(17-18-13)10-2-3-14-11(8-10)4-6-21-14/h2-3,8-9H,4-7H2,1H3,(H,16,19)(H,17,18). The Balaban J connectivity index is 1.74. The zero-order valence-corrected chi connectivity index (χ0v) is 11.8. The number of nitrogens with zero attached hydrogens (tertiary/aromatic N) is 1. The van der Waals surface area contributed by atoms with Crippen LogP contribution in [0.4, 0.5) is 0 Å². The maximum absolute atomic E-state index is 11.9. The first-order chi connectivity index (χ1) is 10.3. The van der Waals surface area contributed by atoms with Crippen LogP contribution in [0.15, 0.2) is 24.3 Å². The summed E-state index contributed by atoms with van der Waals surface area (Å²) in [5.41, 5.74) is 3.35. The van der Waals surface area contributed by atoms with Gasteiger partial charge in [0.05, 0.1) is 18.9 Å². The van der Waals surface area contributed by atoms with Crippen LogP contribution in [-0.2, 0) is 11.2 Å². The number of nitrogens with one attached hydrogen (secondary N) is 2. The predicted molar refractivity (Wildman–Crippen MR) is 77.4 cm³/mol. The van der Waals surface area contributed by atoms with Crippen LogP contribution in [0.1, 0.15) is 16.1 Å². The van der Waals surface area contributed by atoms with Gasteiger partial charge >= 0.3 is 0 Å². The third-order valence-electron chi connectivity index (χ3n) is 3.40. The second kappa shape index (κ2) is 5.97. The molecule has 0 spiro atoms. The van der Waals surface area contributed by atoms with Crippen LogP contribution in [0.5, 0.6) is 5.75 Å². The number of rotatable bonds is 5. The number of H-pyrrole nitrogens is 1. The summed E-state index contributed by atoms with van der Waals surface area (Å²) in [6.45, 7) is 1.68. The molecule has 6 nitrogen and oxygen atoms in total. The van der Waals surface area contributed by atoms with Crippen molar-refractivity contribution >= 4 is 5.91 Å². The van der Waals surface area contributed by atoms with Crippen molar-refractivity contribution in [2.24, 2.45) is 0 Å². The van der Waals surface area contributed by atoms with Crippen LogP contribution in [-0.4, -0.2) is 43.0 Å². The average molecular weight is 287 g/mol. The molecule has 0 aliphatic carbocycles. The highest BCUT2D eigenvalue weighted by molar-refractivity contribution is 5.93. The lowest BCUT2D eigenvalue weighted by atomic mass is 10.1. The van der Waals surface area contributed by atoms with Crippen molar-refractivity contribution in [2.45, 2.75) is 6.42 Å². The van der Waals surface area contributed by atoms with E-state index in [1.807, 2.05) is 12.1 Å². The van der Waals surface area contributed by atoms with Gasteiger partial charge in [0.25, 0.3) is 5.91 Å². The molecule has 3 rings (SSSR count). The van der Waals surface area contributed by atoms with Crippen LogP contribution >= 0.6 is 0 Å². The fourth-order valence-corrected chi connectivity index (χ4v) is 2.29. The Morgan fingerprint density at radius 3 is 3.24 bits per heavy atom. The smallest absolute Gasteiger partial charge is 0.269 e. The number of benzene rings is 1. The van der Waals surface area contributed by atoms with Gasteiger partial charge in [-0.25, -0.2) is 0 Å². The second-order valence-corrected chi connectivity index (χ2v) is 4.84. The highest BCUT2D eigenvalue weighted by Gasteiger charge is 2.15. The summed E-state index contributed by atoms with van der Waals surface area (Å²) < 4.78 is 10.4. The number of ether oxygens (including phenoxy) is 2. The fraction of sp³-hybridized carbons (Fsp3) is 0.333. The predicted octanol–water partition coefficient (Wildman–Crippen LogP) is 1.39. The SMILES string of the molecule is COCCNC(=O)c1cc(-c2ccc3c(c2)CCO3)n[nH]1. The molecular weight excluding hydrogens is 270 g/mol. The van der Waals surface area contributed by atoms with Crippen LogP contribution in [0.2, 0.25) is 0 Å². The summed E-state index contributed by atoms with van der Waals surface area (Å²) in [4.78, 5) is 11.9. The van der Waals surface area contributed by atoms with Gasteiger partial charge in [-0.3, -0.25) is 9.89 Å². The van der Waals surface area contributed by atoms with E-state index in [1.165, 1.54) is 5.56 Å². The van der Waals surface area contributed by atoms with Crippen LogP contribution in [0, 0.1) is 0 Å². The van der Waals surface area contributed by atoms with Gasteiger partial charge in [0.2, 0.25) is 0 Å². The first-order valence-corrected chi connectivity index (χ1v) is 6.86. The molecule has 2 N–H and O–H groups in total. The summed E-state index contributed by atoms with van der Waals surface area (Å²) in [5.74, 6) is 0.752. The summed E-state index contributed by atoms with van der Waals surface area (Å²) in [5, 5.41) is 9.72. The minimum atomic E-state index is -0.185. The van der Waals surface area contributed by atoms with Crippen LogP contribution in [0.25, 0.3) is 11.3 Å². The van der Waals surface area contributed by atoms with Gasteiger partial charge in [-0.15, -0.1) is 0 Å². The quantitative estimate of drug-likeness (QED) is 0.815. The van der Waals surface area contributed by atoms with E-state index in [0.29, 0.717) is 18.8 Å². The Labute approximate surface area is 122 Å². The Kier molecular flexibility index (Phi) is 3.87. The summed E-state index contributed by atoms with van der Waals surface area (Å²) >= 11 is 0. The van der Waals surface area contributed by atoms with E-state index in [9.17, 15) is 4.79 Å². The Hall–Kier alpha value is -2.34. The van der Waals surface area contributed by atoms with Crippen molar-refractivity contribution in [3.63, 3.8) is 0 Å². The zero-order chi connectivity index (χ0) is 14.7. The van der Waals surface area contributed by atoms with E-state index in [0.717, 1.165) is 30.0 Å². The van der Waals surface area contributed by atoms with E-state index in [-0.39, 0.29) is 5.91 Å². The number of fused-ring (bicyclic) bond motifs is 1. The van der Waals surface area contributed by atoms with E-state index < -0.39 is 0 Å². The maximum atomic E-state index is 11.9. The number of amides is 1. The molecule has 2 heterocycles. The Morgan fingerprint density at radius 1 is 1.48 bits per heavy atom. The third kappa shape index (κ3) is 2.90. The molecule has 0 fully saturated rings. The van der Waals surface area contributed by atoms with E-state index in [1.54, 1.807) is 13.2 Å². The molecule has 2 aromatic rings. The van der Waals surface area contributed by atoms with Crippen molar-refractivity contribution in [1.29, 1.82) is 0 Å². The van der Waals surface area contributed by atoms with Gasteiger partial charge in [0.15, 0.2) is 0 Å². The summed E-state index contributed by atoms with van der Waals surface area (Å²) in [6, 6.07) is 7.71. The summed E-state index contributed by atoms with van der Waals surface area (Å²) in [6.07, 6.45) is 0.915. The molecule has 0 bridgehead atoms. The second-order valence-electron chi connectivity index (χ2n) is 4.84. The highest BCUT2D eigenvalue weighted by atomic mass is 16.5. The molecule has 21 heavy (non-hydrogen) atoms. The van der Waals surface area contributed by atoms with Gasteiger partial charge in [-0.2, -0.15) is 5.10 Å². The largest absolute Gasteiger partial charge is 0.493 e. The maximum Gasteiger partial charge on any atom is 0.269 e. The molecule has 1 aliphatic heterocycles. The third-order valence-corrected chi connectivity index (χ3v) is 3.40. The molecule has 0 saturated heterocycles. The van der Waals surface area contributed by atoms with E-state index in [4.69, 9.17) is 9.47 Å². The monoisotopic (exact) mass is 287 g/mol. The van der Waals surface area contributed by atoms with Crippen molar-refractivity contribution in [3.8, 4) is 17.0 Å². The molecule has 1 amide bonds. The number of hydrogen-bond donors (Lipinski definition) is 2. The van der Waals surface area contributed by atoms with E-state index >= 15 is 0 Å². The molecule has 1 aromatic heterocycles. The molecule has 0 radical (unpaired) electrons. The number of methoxy groups -OCH3 is 1. The molecule has 1 aromatic carbocycles. The fourth-order valence-electron chi connectivity index (χ4n) is 2.29. The van der Waals surface area contributed by atoms with Gasteiger partial charge in [0, 0.05) is 25.6 Å². The molecule has 6 heteroatoms. The van der Waals surface area contributed by atoms with Crippen LogP contribution in [0.3, 0.4) is 0 Å². The lowest BCUT2D eigenvalue weighted by molar-refractivity contribution is 0.0932. The first kappa shape index (κ1) is 13.6. The minimum absolute atomic E-state index is 0.185.